The van der Waals surface area contributed by atoms with Crippen LogP contribution in [0.4, 0.5) is 0 Å². The molecule has 0 amide bonds. The molecule has 0 aliphatic rings. The lowest BCUT2D eigenvalue weighted by atomic mass is 10.0. The van der Waals surface area contributed by atoms with Crippen molar-refractivity contribution >= 4 is 0 Å². The van der Waals surface area contributed by atoms with E-state index in [1.807, 2.05) is 6.92 Å². The highest BCUT2D eigenvalue weighted by molar-refractivity contribution is 5.47. The summed E-state index contributed by atoms with van der Waals surface area (Å²) >= 11 is 0. The van der Waals surface area contributed by atoms with Crippen molar-refractivity contribution in [3.63, 3.8) is 0 Å². The summed E-state index contributed by atoms with van der Waals surface area (Å²) in [6.45, 7) is 10.4. The predicted molar refractivity (Wildman–Crippen MR) is 104 cm³/mol. The number of benzene rings is 1. The first-order valence-electron chi connectivity index (χ1n) is 8.75. The maximum atomic E-state index is 9.95. The van der Waals surface area contributed by atoms with E-state index in [1.165, 1.54) is 16.7 Å². The lowest BCUT2D eigenvalue weighted by Crippen LogP contribution is -1.88. The van der Waals surface area contributed by atoms with Crippen LogP contribution in [0.15, 0.2) is 47.1 Å². The first-order valence-corrected chi connectivity index (χ1v) is 8.75. The highest BCUT2D eigenvalue weighted by Gasteiger charge is 2.07. The number of hydrogen-bond donors (Lipinski definition) is 2. The molecule has 2 heteroatoms. The second-order valence-corrected chi connectivity index (χ2v) is 6.95. The van der Waals surface area contributed by atoms with Gasteiger partial charge in [-0.25, -0.2) is 0 Å². The van der Waals surface area contributed by atoms with Gasteiger partial charge in [0.05, 0.1) is 0 Å². The fourth-order valence-electron chi connectivity index (χ4n) is 2.60. The van der Waals surface area contributed by atoms with Crippen LogP contribution in [-0.2, 0) is 6.42 Å². The topological polar surface area (TPSA) is 40.5 Å². The number of phenols is 2. The molecule has 132 valence electrons. The van der Waals surface area contributed by atoms with Crippen LogP contribution in [-0.4, -0.2) is 10.2 Å². The Morgan fingerprint density at radius 3 is 1.88 bits per heavy atom. The van der Waals surface area contributed by atoms with E-state index in [4.69, 9.17) is 0 Å². The fourth-order valence-corrected chi connectivity index (χ4v) is 2.60. The molecule has 0 heterocycles. The minimum Gasteiger partial charge on any atom is -0.508 e. The zero-order valence-electron chi connectivity index (χ0n) is 15.8. The smallest absolute Gasteiger partial charge is 0.123 e. The fraction of sp³-hybridized carbons (Fsp3) is 0.455. The van der Waals surface area contributed by atoms with E-state index in [2.05, 4.69) is 45.9 Å². The summed E-state index contributed by atoms with van der Waals surface area (Å²) in [5, 5.41) is 19.9. The molecule has 0 saturated heterocycles. The van der Waals surface area contributed by atoms with Crippen LogP contribution >= 0.6 is 0 Å². The molecule has 1 aromatic rings. The monoisotopic (exact) mass is 328 g/mol. The van der Waals surface area contributed by atoms with Crippen LogP contribution in [0.5, 0.6) is 11.5 Å². The van der Waals surface area contributed by atoms with Gasteiger partial charge in [-0.15, -0.1) is 0 Å². The van der Waals surface area contributed by atoms with Gasteiger partial charge in [0.25, 0.3) is 0 Å². The highest BCUT2D eigenvalue weighted by Crippen LogP contribution is 2.29. The summed E-state index contributed by atoms with van der Waals surface area (Å²) in [5.41, 5.74) is 5.57. The molecule has 1 aromatic carbocycles. The molecule has 0 bridgehead atoms. The molecule has 0 fully saturated rings. The molecule has 0 saturated carbocycles. The number of allylic oxidation sites excluding steroid dienone is 6. The van der Waals surface area contributed by atoms with E-state index in [9.17, 15) is 10.2 Å². The molecule has 2 N–H and O–H groups in total. The van der Waals surface area contributed by atoms with Crippen LogP contribution in [0.2, 0.25) is 0 Å². The Labute approximate surface area is 147 Å². The number of hydrogen-bond acceptors (Lipinski definition) is 2. The maximum absolute atomic E-state index is 9.95. The molecule has 0 aliphatic heterocycles. The average Bonchev–Trinajstić information content (AvgIpc) is 2.45. The zero-order valence-corrected chi connectivity index (χ0v) is 15.8. The van der Waals surface area contributed by atoms with E-state index < -0.39 is 0 Å². The molecule has 0 unspecified atom stereocenters. The third kappa shape index (κ3) is 7.54. The van der Waals surface area contributed by atoms with Gasteiger partial charge in [0.2, 0.25) is 0 Å². The summed E-state index contributed by atoms with van der Waals surface area (Å²) in [6, 6.07) is 3.38. The second-order valence-electron chi connectivity index (χ2n) is 6.95. The highest BCUT2D eigenvalue weighted by atomic mass is 16.3. The summed E-state index contributed by atoms with van der Waals surface area (Å²) in [4.78, 5) is 0. The maximum Gasteiger partial charge on any atom is 0.123 e. The van der Waals surface area contributed by atoms with Crippen molar-refractivity contribution in [3.05, 3.63) is 58.2 Å². The first-order chi connectivity index (χ1) is 11.3. The Kier molecular flexibility index (Phi) is 8.39. The molecule has 24 heavy (non-hydrogen) atoms. The lowest BCUT2D eigenvalue weighted by Gasteiger charge is -2.07. The van der Waals surface area contributed by atoms with Gasteiger partial charge in [-0.1, -0.05) is 34.9 Å². The van der Waals surface area contributed by atoms with E-state index in [0.717, 1.165) is 31.2 Å². The number of aromatic hydroxyl groups is 2. The van der Waals surface area contributed by atoms with Gasteiger partial charge in [0, 0.05) is 5.56 Å². The normalized spacial score (nSPS) is 12.4. The molecule has 2 nitrogen and oxygen atoms in total. The average molecular weight is 328 g/mol. The van der Waals surface area contributed by atoms with Crippen molar-refractivity contribution in [1.29, 1.82) is 0 Å². The Morgan fingerprint density at radius 1 is 0.833 bits per heavy atom. The number of aryl methyl sites for hydroxylation is 1. The van der Waals surface area contributed by atoms with Crippen LogP contribution in [0.1, 0.15) is 64.5 Å². The molecular formula is C22H32O2. The molecule has 0 aromatic heterocycles. The van der Waals surface area contributed by atoms with Gasteiger partial charge in [0.1, 0.15) is 11.5 Å². The first kappa shape index (κ1) is 20.1. The molecular weight excluding hydrogens is 296 g/mol. The van der Waals surface area contributed by atoms with Gasteiger partial charge in [-0.3, -0.25) is 0 Å². The lowest BCUT2D eigenvalue weighted by molar-refractivity contribution is 0.440. The van der Waals surface area contributed by atoms with Crippen LogP contribution in [0.3, 0.4) is 0 Å². The van der Waals surface area contributed by atoms with Gasteiger partial charge >= 0.3 is 0 Å². The minimum absolute atomic E-state index is 0.173. The quantitative estimate of drug-likeness (QED) is 0.544. The largest absolute Gasteiger partial charge is 0.508 e. The molecule has 1 rings (SSSR count). The van der Waals surface area contributed by atoms with Crippen molar-refractivity contribution in [2.24, 2.45) is 0 Å². The van der Waals surface area contributed by atoms with E-state index in [0.29, 0.717) is 12.0 Å². The Morgan fingerprint density at radius 2 is 1.33 bits per heavy atom. The van der Waals surface area contributed by atoms with Gasteiger partial charge in [0.15, 0.2) is 0 Å². The molecule has 0 spiro atoms. The third-order valence-corrected chi connectivity index (χ3v) is 4.12. The van der Waals surface area contributed by atoms with E-state index >= 15 is 0 Å². The van der Waals surface area contributed by atoms with E-state index in [1.54, 1.807) is 12.1 Å². The Hall–Kier alpha value is -1.96. The van der Waals surface area contributed by atoms with Crippen LogP contribution < -0.4 is 0 Å². The molecule has 0 atom stereocenters. The van der Waals surface area contributed by atoms with Crippen molar-refractivity contribution in [2.45, 2.75) is 66.7 Å². The van der Waals surface area contributed by atoms with Gasteiger partial charge < -0.3 is 10.2 Å². The third-order valence-electron chi connectivity index (χ3n) is 4.12. The van der Waals surface area contributed by atoms with Crippen molar-refractivity contribution < 1.29 is 10.2 Å². The Bertz CT molecular complexity index is 606. The van der Waals surface area contributed by atoms with Crippen LogP contribution in [0, 0.1) is 6.92 Å². The Balaban J connectivity index is 2.49. The van der Waals surface area contributed by atoms with Crippen LogP contribution in [0.25, 0.3) is 0 Å². The molecule has 0 aliphatic carbocycles. The summed E-state index contributed by atoms with van der Waals surface area (Å²) in [6.07, 6.45) is 11.5. The predicted octanol–water partition coefficient (Wildman–Crippen LogP) is 6.37. The minimum atomic E-state index is 0.173. The second kappa shape index (κ2) is 10.0. The summed E-state index contributed by atoms with van der Waals surface area (Å²) in [5.74, 6) is 0.345. The number of rotatable bonds is 8. The summed E-state index contributed by atoms with van der Waals surface area (Å²) in [7, 11) is 0. The van der Waals surface area contributed by atoms with Gasteiger partial charge in [-0.05, 0) is 84.4 Å². The summed E-state index contributed by atoms with van der Waals surface area (Å²) < 4.78 is 0. The van der Waals surface area contributed by atoms with Crippen molar-refractivity contribution in [3.8, 4) is 11.5 Å². The van der Waals surface area contributed by atoms with Gasteiger partial charge in [-0.2, -0.15) is 0 Å². The van der Waals surface area contributed by atoms with Crippen molar-refractivity contribution in [1.82, 2.24) is 0 Å². The SMILES string of the molecule is CC(C)=CCC/C(C)=C/CC/C(C)=C/Cc1c(O)cc(C)cc1O. The van der Waals surface area contributed by atoms with E-state index in [-0.39, 0.29) is 11.5 Å². The molecule has 0 radical (unpaired) electrons. The number of phenolic OH excluding ortho intramolecular Hbond substituents is 2. The van der Waals surface area contributed by atoms with Crippen molar-refractivity contribution in [2.75, 3.05) is 0 Å². The zero-order chi connectivity index (χ0) is 18.1. The standard InChI is InChI=1S/C22H32O2/c1-16(2)8-6-9-17(3)10-7-11-18(4)12-13-20-21(23)14-19(5)15-22(20)24/h8,10,12,14-15,23-24H,6-7,9,11,13H2,1-5H3/b17-10+,18-12+.